The Labute approximate surface area is 144 Å². The minimum Gasteiger partial charge on any atom is -0.480 e. The van der Waals surface area contributed by atoms with Crippen molar-refractivity contribution in [1.29, 1.82) is 0 Å². The minimum atomic E-state index is -0.385. The number of nitrogens with one attached hydrogen (secondary N) is 1. The van der Waals surface area contributed by atoms with Crippen LogP contribution in [-0.2, 0) is 11.2 Å². The highest BCUT2D eigenvalue weighted by molar-refractivity contribution is 5.85. The van der Waals surface area contributed by atoms with Gasteiger partial charge in [-0.3, -0.25) is 4.79 Å². The van der Waals surface area contributed by atoms with Gasteiger partial charge in [0, 0.05) is 12.1 Å². The van der Waals surface area contributed by atoms with E-state index in [1.54, 1.807) is 0 Å². The molecule has 1 atom stereocenters. The average molecular weight is 339 g/mol. The van der Waals surface area contributed by atoms with Crippen LogP contribution in [0.5, 0.6) is 5.75 Å². The number of nitrogens with two attached hydrogens (primary N) is 1. The van der Waals surface area contributed by atoms with Crippen molar-refractivity contribution in [2.24, 2.45) is 5.73 Å². The second kappa shape index (κ2) is 8.02. The van der Waals surface area contributed by atoms with Crippen LogP contribution in [0.1, 0.15) is 50.5 Å². The summed E-state index contributed by atoms with van der Waals surface area (Å²) < 4.78 is 5.84. The standard InChI is InChI=1S/C18H26N2O2.ClH/c19-18(11-5-1-2-6-12-18)13-20-17(21)16-10-9-14-7-3-4-8-15(14)22-16;/h3-4,7-8,16H,1-2,5-6,9-13,19H2,(H,20,21);1H/t16-;/m0./s1. The lowest BCUT2D eigenvalue weighted by Crippen LogP contribution is -2.52. The highest BCUT2D eigenvalue weighted by atomic mass is 35.5. The topological polar surface area (TPSA) is 64.3 Å². The number of carbonyl (C=O) groups is 1. The molecule has 1 aromatic carbocycles. The molecule has 5 heteroatoms. The smallest absolute Gasteiger partial charge is 0.261 e. The maximum Gasteiger partial charge on any atom is 0.261 e. The summed E-state index contributed by atoms with van der Waals surface area (Å²) in [4.78, 5) is 12.4. The molecule has 3 N–H and O–H groups in total. The molecule has 1 aliphatic carbocycles. The van der Waals surface area contributed by atoms with Crippen LogP contribution in [0.15, 0.2) is 24.3 Å². The highest BCUT2D eigenvalue weighted by Crippen LogP contribution is 2.27. The molecule has 0 spiro atoms. The van der Waals surface area contributed by atoms with Gasteiger partial charge < -0.3 is 15.8 Å². The van der Waals surface area contributed by atoms with Gasteiger partial charge in [-0.2, -0.15) is 0 Å². The van der Waals surface area contributed by atoms with Crippen LogP contribution in [0.2, 0.25) is 0 Å². The third-order valence-electron chi connectivity index (χ3n) is 4.92. The van der Waals surface area contributed by atoms with Gasteiger partial charge in [-0.05, 0) is 37.3 Å². The third kappa shape index (κ3) is 4.61. The average Bonchev–Trinajstić information content (AvgIpc) is 2.77. The molecule has 128 valence electrons. The summed E-state index contributed by atoms with van der Waals surface area (Å²) in [7, 11) is 0. The minimum absolute atomic E-state index is 0. The summed E-state index contributed by atoms with van der Waals surface area (Å²) in [6.45, 7) is 0.563. The number of benzene rings is 1. The van der Waals surface area contributed by atoms with Crippen LogP contribution in [0.4, 0.5) is 0 Å². The number of carbonyl (C=O) groups excluding carboxylic acids is 1. The fourth-order valence-corrected chi connectivity index (χ4v) is 3.50. The number of rotatable bonds is 3. The molecular formula is C18H27ClN2O2. The van der Waals surface area contributed by atoms with Crippen molar-refractivity contribution in [2.45, 2.75) is 63.0 Å². The highest BCUT2D eigenvalue weighted by Gasteiger charge is 2.30. The summed E-state index contributed by atoms with van der Waals surface area (Å²) in [5, 5.41) is 3.03. The predicted molar refractivity (Wildman–Crippen MR) is 94.1 cm³/mol. The van der Waals surface area contributed by atoms with Crippen molar-refractivity contribution in [3.8, 4) is 5.75 Å². The Morgan fingerprint density at radius 3 is 2.65 bits per heavy atom. The van der Waals surface area contributed by atoms with Crippen molar-refractivity contribution in [1.82, 2.24) is 5.32 Å². The first-order chi connectivity index (χ1) is 10.7. The van der Waals surface area contributed by atoms with Gasteiger partial charge in [-0.25, -0.2) is 0 Å². The van der Waals surface area contributed by atoms with E-state index in [0.717, 1.165) is 31.4 Å². The van der Waals surface area contributed by atoms with Crippen molar-refractivity contribution < 1.29 is 9.53 Å². The van der Waals surface area contributed by atoms with E-state index in [4.69, 9.17) is 10.5 Å². The van der Waals surface area contributed by atoms with Crippen molar-refractivity contribution in [3.05, 3.63) is 29.8 Å². The first kappa shape index (κ1) is 18.1. The number of hydrogen-bond acceptors (Lipinski definition) is 3. The number of fused-ring (bicyclic) bond motifs is 1. The largest absolute Gasteiger partial charge is 0.480 e. The maximum atomic E-state index is 12.4. The number of ether oxygens (including phenoxy) is 1. The van der Waals surface area contributed by atoms with E-state index >= 15 is 0 Å². The molecule has 4 nitrogen and oxygen atoms in total. The summed E-state index contributed by atoms with van der Waals surface area (Å²) in [6, 6.07) is 7.95. The second-order valence-corrected chi connectivity index (χ2v) is 6.75. The summed E-state index contributed by atoms with van der Waals surface area (Å²) in [5.41, 5.74) is 7.41. The van der Waals surface area contributed by atoms with Crippen molar-refractivity contribution in [2.75, 3.05) is 6.54 Å². The van der Waals surface area contributed by atoms with E-state index in [2.05, 4.69) is 11.4 Å². The summed E-state index contributed by atoms with van der Waals surface area (Å²) in [5.74, 6) is 0.814. The molecule has 1 aromatic rings. The number of hydrogen-bond donors (Lipinski definition) is 2. The Hall–Kier alpha value is -1.26. The molecule has 0 radical (unpaired) electrons. The Morgan fingerprint density at radius 1 is 1.22 bits per heavy atom. The molecule has 0 saturated heterocycles. The van der Waals surface area contributed by atoms with Gasteiger partial charge in [0.25, 0.3) is 5.91 Å². The van der Waals surface area contributed by atoms with E-state index in [9.17, 15) is 4.79 Å². The number of aryl methyl sites for hydroxylation is 1. The number of para-hydroxylation sites is 1. The van der Waals surface area contributed by atoms with Gasteiger partial charge in [-0.1, -0.05) is 43.9 Å². The normalized spacial score (nSPS) is 22.7. The Morgan fingerprint density at radius 2 is 1.91 bits per heavy atom. The van der Waals surface area contributed by atoms with E-state index in [1.165, 1.54) is 31.2 Å². The van der Waals surface area contributed by atoms with Crippen molar-refractivity contribution >= 4 is 18.3 Å². The van der Waals surface area contributed by atoms with E-state index in [-0.39, 0.29) is 30.0 Å². The van der Waals surface area contributed by atoms with Crippen LogP contribution in [0.25, 0.3) is 0 Å². The number of amides is 1. The zero-order valence-electron chi connectivity index (χ0n) is 13.6. The fourth-order valence-electron chi connectivity index (χ4n) is 3.50. The Bertz CT molecular complexity index is 528. The second-order valence-electron chi connectivity index (χ2n) is 6.75. The summed E-state index contributed by atoms with van der Waals surface area (Å²) >= 11 is 0. The lowest BCUT2D eigenvalue weighted by atomic mass is 9.91. The molecule has 1 fully saturated rings. The molecule has 0 unspecified atom stereocenters. The Balaban J connectivity index is 0.00000192. The van der Waals surface area contributed by atoms with Crippen molar-refractivity contribution in [3.63, 3.8) is 0 Å². The molecule has 3 rings (SSSR count). The molecule has 1 heterocycles. The van der Waals surface area contributed by atoms with Crippen LogP contribution in [0, 0.1) is 0 Å². The van der Waals surface area contributed by atoms with Crippen LogP contribution >= 0.6 is 12.4 Å². The molecule has 0 aromatic heterocycles. The van der Waals surface area contributed by atoms with Gasteiger partial charge in [-0.15, -0.1) is 12.4 Å². The van der Waals surface area contributed by atoms with Crippen LogP contribution < -0.4 is 15.8 Å². The monoisotopic (exact) mass is 338 g/mol. The van der Waals surface area contributed by atoms with Crippen LogP contribution in [0.3, 0.4) is 0 Å². The van der Waals surface area contributed by atoms with E-state index < -0.39 is 0 Å². The van der Waals surface area contributed by atoms with E-state index in [0.29, 0.717) is 6.54 Å². The van der Waals surface area contributed by atoms with E-state index in [1.807, 2.05) is 18.2 Å². The molecule has 1 aliphatic heterocycles. The lowest BCUT2D eigenvalue weighted by molar-refractivity contribution is -0.129. The molecule has 2 aliphatic rings. The zero-order valence-corrected chi connectivity index (χ0v) is 14.4. The molecule has 0 bridgehead atoms. The maximum absolute atomic E-state index is 12.4. The molecule has 23 heavy (non-hydrogen) atoms. The van der Waals surface area contributed by atoms with Gasteiger partial charge >= 0.3 is 0 Å². The number of halogens is 1. The third-order valence-corrected chi connectivity index (χ3v) is 4.92. The first-order valence-corrected chi connectivity index (χ1v) is 8.47. The van der Waals surface area contributed by atoms with Gasteiger partial charge in [0.05, 0.1) is 0 Å². The van der Waals surface area contributed by atoms with Crippen LogP contribution in [-0.4, -0.2) is 24.1 Å². The molecule has 1 amide bonds. The Kier molecular flexibility index (Phi) is 6.31. The zero-order chi connectivity index (χ0) is 15.4. The fraction of sp³-hybridized carbons (Fsp3) is 0.611. The first-order valence-electron chi connectivity index (χ1n) is 8.47. The van der Waals surface area contributed by atoms with Gasteiger partial charge in [0.15, 0.2) is 6.10 Å². The quantitative estimate of drug-likeness (QED) is 0.833. The van der Waals surface area contributed by atoms with Gasteiger partial charge in [0.2, 0.25) is 0 Å². The lowest BCUT2D eigenvalue weighted by Gasteiger charge is -2.30. The SMILES string of the molecule is Cl.NC1(CNC(=O)[C@@H]2CCc3ccccc3O2)CCCCCC1. The summed E-state index contributed by atoms with van der Waals surface area (Å²) in [6.07, 6.45) is 8.10. The van der Waals surface area contributed by atoms with Gasteiger partial charge in [0.1, 0.15) is 5.75 Å². The molecule has 1 saturated carbocycles. The predicted octanol–water partition coefficient (Wildman–Crippen LogP) is 2.97. The molecular weight excluding hydrogens is 312 g/mol.